The molecule has 1 aromatic rings. The number of hydrogen-bond donors (Lipinski definition) is 2. The summed E-state index contributed by atoms with van der Waals surface area (Å²) in [5.74, 6) is 0.868. The molecule has 0 saturated carbocycles. The number of nitrogens with zero attached hydrogens (tertiary/aromatic N) is 4. The Morgan fingerprint density at radius 2 is 2.04 bits per heavy atom. The first-order valence-corrected chi connectivity index (χ1v) is 8.53. The number of pyridine rings is 1. The SMILES string of the molecule is CN=C(NCCc1ccccn1)NCCN1CCCN(C)CC1. The Morgan fingerprint density at radius 1 is 1.17 bits per heavy atom. The lowest BCUT2D eigenvalue weighted by atomic mass is 10.3. The average Bonchev–Trinajstić information content (AvgIpc) is 2.79. The molecule has 6 heteroatoms. The molecule has 6 nitrogen and oxygen atoms in total. The third-order valence-electron chi connectivity index (χ3n) is 4.16. The highest BCUT2D eigenvalue weighted by atomic mass is 15.2. The van der Waals surface area contributed by atoms with Crippen LogP contribution in [-0.2, 0) is 6.42 Å². The summed E-state index contributed by atoms with van der Waals surface area (Å²) < 4.78 is 0. The van der Waals surface area contributed by atoms with E-state index in [1.165, 1.54) is 19.5 Å². The number of aromatic nitrogens is 1. The molecular formula is C17H30N6. The summed E-state index contributed by atoms with van der Waals surface area (Å²) in [7, 11) is 4.02. The highest BCUT2D eigenvalue weighted by Gasteiger charge is 2.11. The summed E-state index contributed by atoms with van der Waals surface area (Å²) in [6.07, 6.45) is 3.99. The number of guanidine groups is 1. The van der Waals surface area contributed by atoms with E-state index in [0.29, 0.717) is 0 Å². The van der Waals surface area contributed by atoms with Crippen molar-refractivity contribution >= 4 is 5.96 Å². The second kappa shape index (κ2) is 10.2. The van der Waals surface area contributed by atoms with Crippen LogP contribution in [0.4, 0.5) is 0 Å². The van der Waals surface area contributed by atoms with Crippen LogP contribution in [0.3, 0.4) is 0 Å². The van der Waals surface area contributed by atoms with Crippen LogP contribution in [0.15, 0.2) is 29.4 Å². The van der Waals surface area contributed by atoms with Crippen molar-refractivity contribution in [2.45, 2.75) is 12.8 Å². The van der Waals surface area contributed by atoms with E-state index in [1.54, 1.807) is 0 Å². The first kappa shape index (κ1) is 17.7. The van der Waals surface area contributed by atoms with Crippen molar-refractivity contribution in [1.82, 2.24) is 25.4 Å². The van der Waals surface area contributed by atoms with Crippen molar-refractivity contribution < 1.29 is 0 Å². The van der Waals surface area contributed by atoms with Gasteiger partial charge in [-0.3, -0.25) is 9.98 Å². The van der Waals surface area contributed by atoms with Crippen molar-refractivity contribution in [3.05, 3.63) is 30.1 Å². The molecule has 2 rings (SSSR count). The van der Waals surface area contributed by atoms with Gasteiger partial charge in [-0.15, -0.1) is 0 Å². The Kier molecular flexibility index (Phi) is 7.83. The van der Waals surface area contributed by atoms with E-state index in [2.05, 4.69) is 37.5 Å². The molecule has 1 saturated heterocycles. The van der Waals surface area contributed by atoms with Crippen molar-refractivity contribution in [3.63, 3.8) is 0 Å². The molecule has 0 radical (unpaired) electrons. The molecule has 0 unspecified atom stereocenters. The van der Waals surface area contributed by atoms with Gasteiger partial charge in [0.05, 0.1) is 0 Å². The Balaban J connectivity index is 1.61. The van der Waals surface area contributed by atoms with Gasteiger partial charge in [-0.2, -0.15) is 0 Å². The normalized spacial score (nSPS) is 17.7. The third-order valence-corrected chi connectivity index (χ3v) is 4.16. The van der Waals surface area contributed by atoms with Crippen LogP contribution in [0, 0.1) is 0 Å². The van der Waals surface area contributed by atoms with Gasteiger partial charge in [-0.05, 0) is 38.7 Å². The van der Waals surface area contributed by atoms with Gasteiger partial charge in [-0.25, -0.2) is 0 Å². The Hall–Kier alpha value is -1.66. The number of likely N-dealkylation sites (N-methyl/N-ethyl adjacent to an activating group) is 1. The fourth-order valence-electron chi connectivity index (χ4n) is 2.73. The van der Waals surface area contributed by atoms with Crippen LogP contribution in [0.2, 0.25) is 0 Å². The fourth-order valence-corrected chi connectivity index (χ4v) is 2.73. The smallest absolute Gasteiger partial charge is 0.191 e. The summed E-state index contributed by atoms with van der Waals surface area (Å²) in [5, 5.41) is 6.74. The van der Waals surface area contributed by atoms with E-state index < -0.39 is 0 Å². The zero-order valence-corrected chi connectivity index (χ0v) is 14.5. The molecule has 0 aliphatic carbocycles. The topological polar surface area (TPSA) is 55.8 Å². The average molecular weight is 318 g/mol. The van der Waals surface area contributed by atoms with Crippen molar-refractivity contribution in [1.29, 1.82) is 0 Å². The largest absolute Gasteiger partial charge is 0.356 e. The summed E-state index contributed by atoms with van der Waals surface area (Å²) in [6.45, 7) is 7.55. The number of nitrogens with one attached hydrogen (secondary N) is 2. The maximum absolute atomic E-state index is 4.33. The molecule has 2 N–H and O–H groups in total. The second-order valence-corrected chi connectivity index (χ2v) is 6.00. The lowest BCUT2D eigenvalue weighted by Gasteiger charge is -2.21. The number of rotatable bonds is 6. The predicted octanol–water partition coefficient (Wildman–Crippen LogP) is 0.427. The summed E-state index contributed by atoms with van der Waals surface area (Å²) >= 11 is 0. The Labute approximate surface area is 140 Å². The maximum atomic E-state index is 4.33. The van der Waals surface area contributed by atoms with Crippen molar-refractivity contribution in [2.75, 3.05) is 59.9 Å². The molecule has 1 aromatic heterocycles. The Morgan fingerprint density at radius 3 is 2.83 bits per heavy atom. The van der Waals surface area contributed by atoms with Gasteiger partial charge in [0.2, 0.25) is 0 Å². The highest BCUT2D eigenvalue weighted by Crippen LogP contribution is 1.99. The molecule has 2 heterocycles. The van der Waals surface area contributed by atoms with Crippen molar-refractivity contribution in [3.8, 4) is 0 Å². The minimum atomic E-state index is 0.838. The molecule has 23 heavy (non-hydrogen) atoms. The van der Waals surface area contributed by atoms with Crippen LogP contribution < -0.4 is 10.6 Å². The number of hydrogen-bond acceptors (Lipinski definition) is 4. The van der Waals surface area contributed by atoms with E-state index in [4.69, 9.17) is 0 Å². The van der Waals surface area contributed by atoms with Gasteiger partial charge in [-0.1, -0.05) is 6.07 Å². The van der Waals surface area contributed by atoms with Crippen LogP contribution in [0.1, 0.15) is 12.1 Å². The quantitative estimate of drug-likeness (QED) is 0.588. The monoisotopic (exact) mass is 318 g/mol. The lowest BCUT2D eigenvalue weighted by Crippen LogP contribution is -2.42. The van der Waals surface area contributed by atoms with Crippen molar-refractivity contribution in [2.24, 2.45) is 4.99 Å². The molecule has 1 fully saturated rings. The van der Waals surface area contributed by atoms with Gasteiger partial charge in [0, 0.05) is 58.1 Å². The minimum Gasteiger partial charge on any atom is -0.356 e. The van der Waals surface area contributed by atoms with Crippen LogP contribution >= 0.6 is 0 Å². The molecule has 0 atom stereocenters. The van der Waals surface area contributed by atoms with Crippen LogP contribution in [-0.4, -0.2) is 80.7 Å². The molecule has 1 aliphatic heterocycles. The second-order valence-electron chi connectivity index (χ2n) is 6.00. The van der Waals surface area contributed by atoms with E-state index in [0.717, 1.165) is 50.8 Å². The van der Waals surface area contributed by atoms with E-state index >= 15 is 0 Å². The number of aliphatic imine (C=N–C) groups is 1. The van der Waals surface area contributed by atoms with Crippen LogP contribution in [0.5, 0.6) is 0 Å². The zero-order valence-electron chi connectivity index (χ0n) is 14.5. The molecule has 0 amide bonds. The fraction of sp³-hybridized carbons (Fsp3) is 0.647. The third kappa shape index (κ3) is 6.97. The van der Waals surface area contributed by atoms with Gasteiger partial charge in [0.1, 0.15) is 0 Å². The summed E-state index contributed by atoms with van der Waals surface area (Å²) in [5.41, 5.74) is 1.10. The van der Waals surface area contributed by atoms with Gasteiger partial charge < -0.3 is 20.4 Å². The van der Waals surface area contributed by atoms with E-state index in [1.807, 2.05) is 31.4 Å². The zero-order chi connectivity index (χ0) is 16.3. The molecule has 0 bridgehead atoms. The summed E-state index contributed by atoms with van der Waals surface area (Å²) in [4.78, 5) is 13.5. The van der Waals surface area contributed by atoms with E-state index in [9.17, 15) is 0 Å². The molecule has 0 aromatic carbocycles. The predicted molar refractivity (Wildman–Crippen MR) is 95.9 cm³/mol. The first-order chi connectivity index (χ1) is 11.3. The minimum absolute atomic E-state index is 0.838. The standard InChI is InChI=1S/C17H30N6/c1-18-17(20-9-7-16-6-3-4-8-19-16)21-10-13-23-12-5-11-22(2)14-15-23/h3-4,6,8H,5,7,9-15H2,1-2H3,(H2,18,20,21). The van der Waals surface area contributed by atoms with Gasteiger partial charge >= 0.3 is 0 Å². The molecule has 0 spiro atoms. The molecular weight excluding hydrogens is 288 g/mol. The van der Waals surface area contributed by atoms with Gasteiger partial charge in [0.15, 0.2) is 5.96 Å². The summed E-state index contributed by atoms with van der Waals surface area (Å²) in [6, 6.07) is 6.01. The van der Waals surface area contributed by atoms with Gasteiger partial charge in [0.25, 0.3) is 0 Å². The van der Waals surface area contributed by atoms with Crippen LogP contribution in [0.25, 0.3) is 0 Å². The lowest BCUT2D eigenvalue weighted by molar-refractivity contribution is 0.280. The Bertz CT molecular complexity index is 461. The molecule has 1 aliphatic rings. The first-order valence-electron chi connectivity index (χ1n) is 8.53. The molecule has 128 valence electrons. The van der Waals surface area contributed by atoms with E-state index in [-0.39, 0.29) is 0 Å². The highest BCUT2D eigenvalue weighted by molar-refractivity contribution is 5.79. The maximum Gasteiger partial charge on any atom is 0.191 e.